The maximum absolute atomic E-state index is 11.9. The molecule has 1 aromatic rings. The van der Waals surface area contributed by atoms with Gasteiger partial charge in [-0.2, -0.15) is 17.0 Å². The van der Waals surface area contributed by atoms with Crippen molar-refractivity contribution in [1.29, 1.82) is 5.26 Å². The van der Waals surface area contributed by atoms with Gasteiger partial charge in [-0.15, -0.1) is 0 Å². The molecule has 1 aliphatic rings. The lowest BCUT2D eigenvalue weighted by molar-refractivity contribution is -0.130. The number of nitriles is 1. The summed E-state index contributed by atoms with van der Waals surface area (Å²) in [6, 6.07) is 10.9. The summed E-state index contributed by atoms with van der Waals surface area (Å²) in [6.07, 6.45) is -0.594. The average Bonchev–Trinajstić information content (AvgIpc) is 2.88. The van der Waals surface area contributed by atoms with Crippen molar-refractivity contribution in [2.45, 2.75) is 18.1 Å². The van der Waals surface area contributed by atoms with Crippen LogP contribution in [0.3, 0.4) is 0 Å². The molecule has 4 nitrogen and oxygen atoms in total. The number of hydrogen-bond acceptors (Lipinski definition) is 4. The minimum atomic E-state index is -1.22. The monoisotopic (exact) mass is 262 g/mol. The lowest BCUT2D eigenvalue weighted by atomic mass is 10.00. The van der Waals surface area contributed by atoms with Gasteiger partial charge in [0.1, 0.15) is 5.54 Å². The minimum Gasteiger partial charge on any atom is -0.378 e. The third kappa shape index (κ3) is 2.66. The summed E-state index contributed by atoms with van der Waals surface area (Å²) >= 11 is 1.64. The Balaban J connectivity index is 2.06. The van der Waals surface area contributed by atoms with Crippen LogP contribution in [0.1, 0.15) is 18.1 Å². The lowest BCUT2D eigenvalue weighted by Gasteiger charge is -2.23. The molecule has 1 aromatic carbocycles. The maximum atomic E-state index is 11.9. The van der Waals surface area contributed by atoms with E-state index in [2.05, 4.69) is 11.4 Å². The number of hydrogen-bond donors (Lipinski definition) is 2. The van der Waals surface area contributed by atoms with Gasteiger partial charge in [0.2, 0.25) is 0 Å². The molecule has 0 aliphatic carbocycles. The highest BCUT2D eigenvalue weighted by molar-refractivity contribution is 7.99. The molecule has 0 spiro atoms. The van der Waals surface area contributed by atoms with E-state index in [1.165, 1.54) is 0 Å². The predicted octanol–water partition coefficient (Wildman–Crippen LogP) is 1.24. The van der Waals surface area contributed by atoms with Crippen LogP contribution in [-0.4, -0.2) is 28.1 Å². The van der Waals surface area contributed by atoms with Crippen LogP contribution in [0, 0.1) is 11.3 Å². The van der Waals surface area contributed by atoms with Gasteiger partial charge in [0.15, 0.2) is 6.10 Å². The molecule has 0 radical (unpaired) electrons. The second-order valence-electron chi connectivity index (χ2n) is 4.30. The average molecular weight is 262 g/mol. The lowest BCUT2D eigenvalue weighted by Crippen LogP contribution is -2.49. The van der Waals surface area contributed by atoms with Crippen molar-refractivity contribution in [3.05, 3.63) is 35.9 Å². The molecule has 0 bridgehead atoms. The Kier molecular flexibility index (Phi) is 3.90. The number of benzene rings is 1. The molecule has 2 atom stereocenters. The van der Waals surface area contributed by atoms with E-state index in [1.807, 2.05) is 6.07 Å². The van der Waals surface area contributed by atoms with Gasteiger partial charge in [0, 0.05) is 5.75 Å². The maximum Gasteiger partial charge on any atom is 0.254 e. The number of nitrogens with one attached hydrogen (secondary N) is 1. The number of thioether (sulfide) groups is 1. The summed E-state index contributed by atoms with van der Waals surface area (Å²) in [5.74, 6) is 0.928. The van der Waals surface area contributed by atoms with Gasteiger partial charge in [-0.1, -0.05) is 30.3 Å². The number of carbonyl (C=O) groups excluding carboxylic acids is 1. The topological polar surface area (TPSA) is 73.1 Å². The molecule has 0 saturated carbocycles. The summed E-state index contributed by atoms with van der Waals surface area (Å²) in [5, 5.41) is 21.8. The quantitative estimate of drug-likeness (QED) is 0.859. The van der Waals surface area contributed by atoms with E-state index in [0.29, 0.717) is 17.7 Å². The van der Waals surface area contributed by atoms with E-state index in [9.17, 15) is 9.90 Å². The fraction of sp³-hybridized carbons (Fsp3) is 0.385. The molecule has 1 fully saturated rings. The molecule has 2 N–H and O–H groups in total. The van der Waals surface area contributed by atoms with Crippen molar-refractivity contribution < 1.29 is 9.90 Å². The van der Waals surface area contributed by atoms with Crippen molar-refractivity contribution >= 4 is 17.7 Å². The van der Waals surface area contributed by atoms with Gasteiger partial charge in [0.05, 0.1) is 6.07 Å². The first-order valence-electron chi connectivity index (χ1n) is 5.71. The fourth-order valence-corrected chi connectivity index (χ4v) is 3.14. The summed E-state index contributed by atoms with van der Waals surface area (Å²) in [5.41, 5.74) is -0.286. The molecular formula is C13H14N2O2S. The molecule has 2 rings (SSSR count). The summed E-state index contributed by atoms with van der Waals surface area (Å²) in [6.45, 7) is 0. The first-order chi connectivity index (χ1) is 8.67. The first kappa shape index (κ1) is 12.9. The second-order valence-corrected chi connectivity index (χ2v) is 5.40. The molecule has 5 heteroatoms. The highest BCUT2D eigenvalue weighted by Crippen LogP contribution is 2.28. The third-order valence-electron chi connectivity index (χ3n) is 2.96. The van der Waals surface area contributed by atoms with Crippen LogP contribution in [0.15, 0.2) is 30.3 Å². The van der Waals surface area contributed by atoms with E-state index in [4.69, 9.17) is 5.26 Å². The summed E-state index contributed by atoms with van der Waals surface area (Å²) < 4.78 is 0. The number of nitrogens with zero attached hydrogens (tertiary/aromatic N) is 1. The number of amides is 1. The largest absolute Gasteiger partial charge is 0.378 e. The molecule has 1 saturated heterocycles. The van der Waals surface area contributed by atoms with E-state index in [-0.39, 0.29) is 0 Å². The normalized spacial score (nSPS) is 24.2. The predicted molar refractivity (Wildman–Crippen MR) is 69.8 cm³/mol. The van der Waals surface area contributed by atoms with Crippen molar-refractivity contribution in [2.75, 3.05) is 11.5 Å². The third-order valence-corrected chi connectivity index (χ3v) is 4.15. The van der Waals surface area contributed by atoms with Gasteiger partial charge < -0.3 is 10.4 Å². The second kappa shape index (κ2) is 5.42. The molecule has 18 heavy (non-hydrogen) atoms. The number of rotatable bonds is 3. The van der Waals surface area contributed by atoms with E-state index < -0.39 is 17.6 Å². The number of carbonyl (C=O) groups is 1. The van der Waals surface area contributed by atoms with Gasteiger partial charge in [-0.05, 0) is 17.7 Å². The van der Waals surface area contributed by atoms with Crippen molar-refractivity contribution in [2.24, 2.45) is 0 Å². The summed E-state index contributed by atoms with van der Waals surface area (Å²) in [4.78, 5) is 11.9. The van der Waals surface area contributed by atoms with Crippen LogP contribution in [0.25, 0.3) is 0 Å². The number of aliphatic hydroxyl groups excluding tert-OH is 1. The van der Waals surface area contributed by atoms with E-state index in [1.54, 1.807) is 36.0 Å². The van der Waals surface area contributed by atoms with Crippen LogP contribution in [-0.2, 0) is 4.79 Å². The van der Waals surface area contributed by atoms with Crippen LogP contribution >= 0.6 is 11.8 Å². The zero-order valence-corrected chi connectivity index (χ0v) is 10.6. The van der Waals surface area contributed by atoms with Gasteiger partial charge in [-0.3, -0.25) is 4.79 Å². The molecular weight excluding hydrogens is 248 g/mol. The van der Waals surface area contributed by atoms with Crippen molar-refractivity contribution in [3.8, 4) is 6.07 Å². The van der Waals surface area contributed by atoms with Crippen molar-refractivity contribution in [1.82, 2.24) is 5.32 Å². The van der Waals surface area contributed by atoms with Gasteiger partial charge >= 0.3 is 0 Å². The van der Waals surface area contributed by atoms with E-state index in [0.717, 1.165) is 5.75 Å². The van der Waals surface area contributed by atoms with Crippen LogP contribution in [0.2, 0.25) is 0 Å². The van der Waals surface area contributed by atoms with Crippen LogP contribution < -0.4 is 5.32 Å². The first-order valence-corrected chi connectivity index (χ1v) is 6.86. The minimum absolute atomic E-state index is 0.509. The van der Waals surface area contributed by atoms with Gasteiger partial charge in [-0.25, -0.2) is 0 Å². The van der Waals surface area contributed by atoms with Crippen LogP contribution in [0.5, 0.6) is 0 Å². The smallest absolute Gasteiger partial charge is 0.254 e. The Morgan fingerprint density at radius 2 is 2.22 bits per heavy atom. The Labute approximate surface area is 110 Å². The zero-order valence-electron chi connectivity index (χ0n) is 9.80. The molecule has 1 aliphatic heterocycles. The van der Waals surface area contributed by atoms with Crippen LogP contribution in [0.4, 0.5) is 0 Å². The zero-order chi connectivity index (χ0) is 13.0. The molecule has 1 heterocycles. The summed E-state index contributed by atoms with van der Waals surface area (Å²) in [7, 11) is 0. The Morgan fingerprint density at radius 3 is 2.78 bits per heavy atom. The highest BCUT2D eigenvalue weighted by atomic mass is 32.2. The Hall–Kier alpha value is -1.51. The molecule has 1 amide bonds. The Morgan fingerprint density at radius 1 is 1.50 bits per heavy atom. The van der Waals surface area contributed by atoms with Crippen molar-refractivity contribution in [3.63, 3.8) is 0 Å². The number of aliphatic hydroxyl groups is 1. The standard InChI is InChI=1S/C13H14N2O2S/c14-8-13(6-7-18-9-13)15-12(17)11(16)10-4-2-1-3-5-10/h1-5,11,16H,6-7,9H2,(H,15,17). The fourth-order valence-electron chi connectivity index (χ4n) is 1.87. The SMILES string of the molecule is N#CC1(NC(=O)C(O)c2ccccc2)CCSC1. The van der Waals surface area contributed by atoms with E-state index >= 15 is 0 Å². The highest BCUT2D eigenvalue weighted by Gasteiger charge is 2.37. The van der Waals surface area contributed by atoms with Gasteiger partial charge in [0.25, 0.3) is 5.91 Å². The molecule has 94 valence electrons. The Bertz CT molecular complexity index is 464. The molecule has 2 unspecified atom stereocenters. The molecule has 0 aromatic heterocycles.